The Balaban J connectivity index is 2.22. The third-order valence-electron chi connectivity index (χ3n) is 2.53. The van der Waals surface area contributed by atoms with E-state index in [1.165, 1.54) is 25.1 Å². The molecule has 21 heavy (non-hydrogen) atoms. The van der Waals surface area contributed by atoms with Crippen molar-refractivity contribution in [3.05, 3.63) is 50.5 Å². The lowest BCUT2D eigenvalue weighted by atomic mass is 10.2. The van der Waals surface area contributed by atoms with Gasteiger partial charge in [0.1, 0.15) is 4.88 Å². The first-order valence-corrected chi connectivity index (χ1v) is 6.46. The van der Waals surface area contributed by atoms with Crippen LogP contribution in [0.15, 0.2) is 24.3 Å². The highest BCUT2D eigenvalue weighted by atomic mass is 32.1. The molecule has 2 aromatic rings. The van der Waals surface area contributed by atoms with Gasteiger partial charge in [0.05, 0.1) is 10.6 Å². The number of nitro benzene ring substituents is 1. The molecule has 0 saturated heterocycles. The lowest BCUT2D eigenvalue weighted by molar-refractivity contribution is -0.384. The van der Waals surface area contributed by atoms with Crippen LogP contribution in [0.1, 0.15) is 25.7 Å². The molecule has 0 bridgehead atoms. The molecule has 0 aliphatic carbocycles. The first kappa shape index (κ1) is 14.6. The van der Waals surface area contributed by atoms with Crippen molar-refractivity contribution in [2.24, 2.45) is 0 Å². The van der Waals surface area contributed by atoms with Gasteiger partial charge in [-0.2, -0.15) is 0 Å². The van der Waals surface area contributed by atoms with Crippen molar-refractivity contribution in [1.82, 2.24) is 4.98 Å². The highest BCUT2D eigenvalue weighted by Gasteiger charge is 2.17. The fraction of sp³-hybridized carbons (Fsp3) is 0.0833. The molecule has 0 radical (unpaired) electrons. The first-order valence-electron chi connectivity index (χ1n) is 5.65. The van der Waals surface area contributed by atoms with Crippen molar-refractivity contribution in [1.29, 1.82) is 0 Å². The number of nitro groups is 1. The smallest absolute Gasteiger partial charge is 0.347 e. The topological polar surface area (TPSA) is 122 Å². The Labute approximate surface area is 122 Å². The van der Waals surface area contributed by atoms with Crippen LogP contribution in [0, 0.1) is 17.0 Å². The average molecular weight is 307 g/mol. The Morgan fingerprint density at radius 1 is 1.43 bits per heavy atom. The summed E-state index contributed by atoms with van der Waals surface area (Å²) in [6.45, 7) is 1.52. The van der Waals surface area contributed by atoms with Crippen LogP contribution in [-0.4, -0.2) is 26.9 Å². The SMILES string of the molecule is Cc1nc(NC(=O)c2cccc([N+](=O)[O-])c2)sc1C(=O)O. The normalized spacial score (nSPS) is 10.1. The van der Waals surface area contributed by atoms with Gasteiger partial charge in [-0.1, -0.05) is 17.4 Å². The zero-order valence-corrected chi connectivity index (χ0v) is 11.5. The highest BCUT2D eigenvalue weighted by molar-refractivity contribution is 7.17. The maximum absolute atomic E-state index is 12.0. The monoisotopic (exact) mass is 307 g/mol. The third kappa shape index (κ3) is 3.20. The molecule has 0 fully saturated rings. The van der Waals surface area contributed by atoms with Gasteiger partial charge in [0.2, 0.25) is 0 Å². The largest absolute Gasteiger partial charge is 0.477 e. The summed E-state index contributed by atoms with van der Waals surface area (Å²) in [4.78, 5) is 36.9. The number of thiazole rings is 1. The first-order chi connectivity index (χ1) is 9.88. The van der Waals surface area contributed by atoms with Gasteiger partial charge in [0, 0.05) is 17.7 Å². The second-order valence-electron chi connectivity index (χ2n) is 4.00. The average Bonchev–Trinajstić information content (AvgIpc) is 2.79. The summed E-state index contributed by atoms with van der Waals surface area (Å²) < 4.78 is 0. The summed E-state index contributed by atoms with van der Waals surface area (Å²) in [7, 11) is 0. The lowest BCUT2D eigenvalue weighted by Gasteiger charge is -2.01. The van der Waals surface area contributed by atoms with Crippen LogP contribution in [0.5, 0.6) is 0 Å². The molecule has 0 aliphatic rings. The number of carboxylic acid groups (broad SMARTS) is 1. The van der Waals surface area contributed by atoms with Crippen LogP contribution >= 0.6 is 11.3 Å². The number of aromatic nitrogens is 1. The van der Waals surface area contributed by atoms with Gasteiger partial charge >= 0.3 is 5.97 Å². The molecule has 0 spiro atoms. The molecule has 0 unspecified atom stereocenters. The van der Waals surface area contributed by atoms with Gasteiger partial charge in [-0.25, -0.2) is 9.78 Å². The predicted molar refractivity (Wildman–Crippen MR) is 74.9 cm³/mol. The van der Waals surface area contributed by atoms with Gasteiger partial charge in [0.15, 0.2) is 5.13 Å². The second-order valence-corrected chi connectivity index (χ2v) is 5.00. The van der Waals surface area contributed by atoms with E-state index in [-0.39, 0.29) is 21.3 Å². The minimum absolute atomic E-state index is 0.0318. The van der Waals surface area contributed by atoms with Gasteiger partial charge in [-0.15, -0.1) is 0 Å². The molecule has 1 amide bonds. The van der Waals surface area contributed by atoms with E-state index < -0.39 is 16.8 Å². The Morgan fingerprint density at radius 3 is 2.71 bits per heavy atom. The van der Waals surface area contributed by atoms with E-state index in [0.29, 0.717) is 5.69 Å². The van der Waals surface area contributed by atoms with E-state index in [4.69, 9.17) is 5.11 Å². The van der Waals surface area contributed by atoms with Crippen molar-refractivity contribution in [3.63, 3.8) is 0 Å². The molecule has 108 valence electrons. The number of carbonyl (C=O) groups excluding carboxylic acids is 1. The van der Waals surface area contributed by atoms with Crippen molar-refractivity contribution in [3.8, 4) is 0 Å². The van der Waals surface area contributed by atoms with Crippen molar-refractivity contribution < 1.29 is 19.6 Å². The number of nitrogens with zero attached hydrogens (tertiary/aromatic N) is 2. The molecule has 2 rings (SSSR count). The maximum atomic E-state index is 12.0. The fourth-order valence-electron chi connectivity index (χ4n) is 1.58. The summed E-state index contributed by atoms with van der Waals surface area (Å²) in [6, 6.07) is 5.21. The fourth-order valence-corrected chi connectivity index (χ4v) is 2.38. The number of aryl methyl sites for hydroxylation is 1. The van der Waals surface area contributed by atoms with Gasteiger partial charge in [-0.05, 0) is 13.0 Å². The molecule has 1 aromatic heterocycles. The quantitative estimate of drug-likeness (QED) is 0.660. The van der Waals surface area contributed by atoms with Crippen LogP contribution in [0.4, 0.5) is 10.8 Å². The molecule has 2 N–H and O–H groups in total. The Morgan fingerprint density at radius 2 is 2.14 bits per heavy atom. The van der Waals surface area contributed by atoms with Gasteiger partial charge < -0.3 is 5.11 Å². The van der Waals surface area contributed by atoms with E-state index in [2.05, 4.69) is 10.3 Å². The molecule has 1 aromatic carbocycles. The van der Waals surface area contributed by atoms with E-state index in [0.717, 1.165) is 17.4 Å². The van der Waals surface area contributed by atoms with E-state index in [1.54, 1.807) is 0 Å². The zero-order valence-electron chi connectivity index (χ0n) is 10.7. The minimum Gasteiger partial charge on any atom is -0.477 e. The number of hydrogen-bond acceptors (Lipinski definition) is 6. The number of rotatable bonds is 4. The van der Waals surface area contributed by atoms with Crippen LogP contribution in [-0.2, 0) is 0 Å². The Hall–Kier alpha value is -2.81. The van der Waals surface area contributed by atoms with Crippen molar-refractivity contribution in [2.75, 3.05) is 5.32 Å². The third-order valence-corrected chi connectivity index (χ3v) is 3.59. The number of aromatic carboxylic acids is 1. The van der Waals surface area contributed by atoms with Crippen LogP contribution in [0.2, 0.25) is 0 Å². The summed E-state index contributed by atoms with van der Waals surface area (Å²) in [5.74, 6) is -1.72. The molecule has 8 nitrogen and oxygen atoms in total. The Kier molecular flexibility index (Phi) is 3.94. The van der Waals surface area contributed by atoms with E-state index >= 15 is 0 Å². The lowest BCUT2D eigenvalue weighted by Crippen LogP contribution is -2.11. The highest BCUT2D eigenvalue weighted by Crippen LogP contribution is 2.23. The zero-order chi connectivity index (χ0) is 15.6. The molecular formula is C12H9N3O5S. The number of non-ortho nitro benzene ring substituents is 1. The van der Waals surface area contributed by atoms with Gasteiger partial charge in [0.25, 0.3) is 11.6 Å². The second kappa shape index (κ2) is 5.67. The predicted octanol–water partition coefficient (Wildman–Crippen LogP) is 2.31. The standard InChI is InChI=1S/C12H9N3O5S/c1-6-9(11(17)18)21-12(13-6)14-10(16)7-3-2-4-8(5-7)15(19)20/h2-5H,1H3,(H,17,18)(H,13,14,16). The number of amides is 1. The van der Waals surface area contributed by atoms with Crippen molar-refractivity contribution in [2.45, 2.75) is 6.92 Å². The number of carboxylic acids is 1. The molecule has 0 saturated carbocycles. The van der Waals surface area contributed by atoms with Crippen LogP contribution < -0.4 is 5.32 Å². The van der Waals surface area contributed by atoms with E-state index in [9.17, 15) is 19.7 Å². The van der Waals surface area contributed by atoms with Crippen molar-refractivity contribution >= 4 is 34.0 Å². The summed E-state index contributed by atoms with van der Waals surface area (Å²) in [6.07, 6.45) is 0. The number of carbonyl (C=O) groups is 2. The molecule has 0 aliphatic heterocycles. The molecular weight excluding hydrogens is 298 g/mol. The van der Waals surface area contributed by atoms with Crippen LogP contribution in [0.3, 0.4) is 0 Å². The molecule has 9 heteroatoms. The summed E-state index contributed by atoms with van der Waals surface area (Å²) >= 11 is 0.825. The Bertz CT molecular complexity index is 740. The number of nitrogens with one attached hydrogen (secondary N) is 1. The molecule has 1 heterocycles. The maximum Gasteiger partial charge on any atom is 0.347 e. The van der Waals surface area contributed by atoms with Gasteiger partial charge in [-0.3, -0.25) is 20.2 Å². The minimum atomic E-state index is -1.12. The molecule has 0 atom stereocenters. The van der Waals surface area contributed by atoms with Crippen LogP contribution in [0.25, 0.3) is 0 Å². The number of anilines is 1. The number of hydrogen-bond donors (Lipinski definition) is 2. The summed E-state index contributed by atoms with van der Waals surface area (Å²) in [5, 5.41) is 22.1. The van der Waals surface area contributed by atoms with E-state index in [1.807, 2.05) is 0 Å². The summed E-state index contributed by atoms with van der Waals surface area (Å²) in [5.41, 5.74) is 0.181. The number of benzene rings is 1.